The monoisotopic (exact) mass is 258 g/mol. The number of amides is 1. The van der Waals surface area contributed by atoms with Gasteiger partial charge in [-0.25, -0.2) is 0 Å². The third-order valence-corrected chi connectivity index (χ3v) is 3.48. The van der Waals surface area contributed by atoms with Gasteiger partial charge in [-0.15, -0.1) is 0 Å². The number of aryl methyl sites for hydroxylation is 1. The third-order valence-electron chi connectivity index (χ3n) is 2.78. The molecule has 1 aliphatic rings. The lowest BCUT2D eigenvalue weighted by atomic mass is 10.2. The van der Waals surface area contributed by atoms with E-state index in [1.54, 1.807) is 11.0 Å². The van der Waals surface area contributed by atoms with Crippen molar-refractivity contribution in [2.45, 2.75) is 17.7 Å². The van der Waals surface area contributed by atoms with Crippen LogP contribution in [0.2, 0.25) is 0 Å². The predicted octanol–water partition coefficient (Wildman–Crippen LogP) is 2.49. The average Bonchev–Trinajstić information content (AvgIpc) is 2.48. The summed E-state index contributed by atoms with van der Waals surface area (Å²) in [4.78, 5) is 13.4. The molecule has 0 atom stereocenters. The predicted molar refractivity (Wildman–Crippen MR) is 67.0 cm³/mol. The van der Waals surface area contributed by atoms with Crippen LogP contribution in [-0.2, 0) is 4.79 Å². The first-order valence-electron chi connectivity index (χ1n) is 4.98. The molecule has 2 N–H and O–H groups in total. The molecule has 5 heteroatoms. The zero-order valence-corrected chi connectivity index (χ0v) is 10.3. The van der Waals surface area contributed by atoms with Gasteiger partial charge in [0.25, 0.3) is 5.91 Å². The first kappa shape index (κ1) is 11.6. The summed E-state index contributed by atoms with van der Waals surface area (Å²) in [6.45, 7) is 2.44. The lowest BCUT2D eigenvalue weighted by molar-refractivity contribution is -0.117. The molecular weight excluding hydrogens is 247 g/mol. The van der Waals surface area contributed by atoms with E-state index < -0.39 is 4.33 Å². The summed E-state index contributed by atoms with van der Waals surface area (Å²) in [6.07, 6.45) is 0.433. The SMILES string of the molecule is Cc1ccc(N2CCC(Cl)(Cl)C2=O)cc1N. The number of nitrogens with two attached hydrogens (primary N) is 1. The maximum Gasteiger partial charge on any atom is 0.263 e. The molecule has 0 saturated carbocycles. The van der Waals surface area contributed by atoms with Gasteiger partial charge >= 0.3 is 0 Å². The number of benzene rings is 1. The molecule has 3 nitrogen and oxygen atoms in total. The maximum absolute atomic E-state index is 11.8. The highest BCUT2D eigenvalue weighted by Crippen LogP contribution is 2.37. The molecule has 1 amide bonds. The van der Waals surface area contributed by atoms with Crippen LogP contribution in [0.5, 0.6) is 0 Å². The molecule has 1 fully saturated rings. The van der Waals surface area contributed by atoms with E-state index in [0.717, 1.165) is 11.3 Å². The molecule has 0 bridgehead atoms. The highest BCUT2D eigenvalue weighted by molar-refractivity contribution is 6.59. The number of nitrogens with zero attached hydrogens (tertiary/aromatic N) is 1. The zero-order chi connectivity index (χ0) is 11.9. The highest BCUT2D eigenvalue weighted by atomic mass is 35.5. The van der Waals surface area contributed by atoms with Crippen molar-refractivity contribution in [3.8, 4) is 0 Å². The summed E-state index contributed by atoms with van der Waals surface area (Å²) >= 11 is 11.8. The zero-order valence-electron chi connectivity index (χ0n) is 8.84. The van der Waals surface area contributed by atoms with E-state index in [4.69, 9.17) is 28.9 Å². The van der Waals surface area contributed by atoms with E-state index in [1.807, 2.05) is 19.1 Å². The Morgan fingerprint density at radius 1 is 1.44 bits per heavy atom. The quantitative estimate of drug-likeness (QED) is 0.622. The van der Waals surface area contributed by atoms with E-state index >= 15 is 0 Å². The summed E-state index contributed by atoms with van der Waals surface area (Å²) in [7, 11) is 0. The first-order valence-corrected chi connectivity index (χ1v) is 5.73. The first-order chi connectivity index (χ1) is 7.42. The van der Waals surface area contributed by atoms with Crippen molar-refractivity contribution in [1.29, 1.82) is 0 Å². The van der Waals surface area contributed by atoms with E-state index in [1.165, 1.54) is 0 Å². The number of carbonyl (C=O) groups is 1. The van der Waals surface area contributed by atoms with Gasteiger partial charge in [0, 0.05) is 24.3 Å². The van der Waals surface area contributed by atoms with E-state index in [9.17, 15) is 4.79 Å². The van der Waals surface area contributed by atoms with E-state index in [0.29, 0.717) is 18.7 Å². The fourth-order valence-electron chi connectivity index (χ4n) is 1.70. The van der Waals surface area contributed by atoms with Crippen LogP contribution in [0.4, 0.5) is 11.4 Å². The molecule has 86 valence electrons. The molecule has 1 aromatic rings. The molecule has 1 aromatic carbocycles. The Balaban J connectivity index is 2.33. The van der Waals surface area contributed by atoms with Crippen molar-refractivity contribution >= 4 is 40.5 Å². The Morgan fingerprint density at radius 2 is 2.12 bits per heavy atom. The normalized spacial score (nSPS) is 19.2. The summed E-state index contributed by atoms with van der Waals surface area (Å²) in [6, 6.07) is 5.49. The number of hydrogen-bond acceptors (Lipinski definition) is 2. The van der Waals surface area contributed by atoms with Gasteiger partial charge in [-0.05, 0) is 24.6 Å². The number of halogens is 2. The Hall–Kier alpha value is -0.930. The number of nitrogen functional groups attached to an aromatic ring is 1. The summed E-state index contributed by atoms with van der Waals surface area (Å²) < 4.78 is -1.29. The molecular formula is C11H12Cl2N2O. The average molecular weight is 259 g/mol. The maximum atomic E-state index is 11.8. The third kappa shape index (κ3) is 1.85. The van der Waals surface area contributed by atoms with Crippen molar-refractivity contribution in [1.82, 2.24) is 0 Å². The second-order valence-corrected chi connectivity index (χ2v) is 5.44. The number of alkyl halides is 2. The standard InChI is InChI=1S/C11H12Cl2N2O/c1-7-2-3-8(6-9(7)14)15-5-4-11(12,13)10(15)16/h2-3,6H,4-5,14H2,1H3. The van der Waals surface area contributed by atoms with Crippen LogP contribution < -0.4 is 10.6 Å². The van der Waals surface area contributed by atoms with Crippen molar-refractivity contribution in [2.75, 3.05) is 17.2 Å². The Bertz CT molecular complexity index is 446. The van der Waals surface area contributed by atoms with Crippen LogP contribution >= 0.6 is 23.2 Å². The number of hydrogen-bond donors (Lipinski definition) is 1. The van der Waals surface area contributed by atoms with E-state index in [-0.39, 0.29) is 5.91 Å². The molecule has 0 aliphatic carbocycles. The minimum atomic E-state index is -1.29. The summed E-state index contributed by atoms with van der Waals surface area (Å²) in [5, 5.41) is 0. The Kier molecular flexibility index (Phi) is 2.76. The second-order valence-electron chi connectivity index (χ2n) is 3.95. The molecule has 1 aliphatic heterocycles. The Morgan fingerprint density at radius 3 is 2.62 bits per heavy atom. The molecule has 0 spiro atoms. The van der Waals surface area contributed by atoms with Crippen molar-refractivity contribution in [3.63, 3.8) is 0 Å². The van der Waals surface area contributed by atoms with Crippen molar-refractivity contribution < 1.29 is 4.79 Å². The fraction of sp³-hybridized carbons (Fsp3) is 0.364. The van der Waals surface area contributed by atoms with Crippen LogP contribution in [0, 0.1) is 6.92 Å². The highest BCUT2D eigenvalue weighted by Gasteiger charge is 2.44. The Labute approximate surface area is 104 Å². The molecule has 0 radical (unpaired) electrons. The lowest BCUT2D eigenvalue weighted by Crippen LogP contribution is -2.31. The van der Waals surface area contributed by atoms with E-state index in [2.05, 4.69) is 0 Å². The summed E-state index contributed by atoms with van der Waals surface area (Å²) in [5.74, 6) is -0.279. The van der Waals surface area contributed by atoms with Gasteiger partial charge in [-0.1, -0.05) is 29.3 Å². The molecule has 2 rings (SSSR count). The molecule has 1 heterocycles. The lowest BCUT2D eigenvalue weighted by Gasteiger charge is -2.18. The second kappa shape index (κ2) is 3.82. The largest absolute Gasteiger partial charge is 0.398 e. The van der Waals surface area contributed by atoms with Crippen LogP contribution in [0.1, 0.15) is 12.0 Å². The van der Waals surface area contributed by atoms with Gasteiger partial charge in [0.15, 0.2) is 4.33 Å². The minimum absolute atomic E-state index is 0.279. The van der Waals surface area contributed by atoms with Crippen molar-refractivity contribution in [3.05, 3.63) is 23.8 Å². The van der Waals surface area contributed by atoms with Crippen LogP contribution in [0.25, 0.3) is 0 Å². The van der Waals surface area contributed by atoms with Gasteiger partial charge in [0.05, 0.1) is 0 Å². The number of carbonyl (C=O) groups excluding carboxylic acids is 1. The van der Waals surface area contributed by atoms with Crippen molar-refractivity contribution in [2.24, 2.45) is 0 Å². The molecule has 16 heavy (non-hydrogen) atoms. The summed E-state index contributed by atoms with van der Waals surface area (Å²) in [5.41, 5.74) is 8.19. The molecule has 0 aromatic heterocycles. The van der Waals surface area contributed by atoms with Gasteiger partial charge in [-0.3, -0.25) is 4.79 Å². The fourth-order valence-corrected chi connectivity index (χ4v) is 2.07. The van der Waals surface area contributed by atoms with Crippen LogP contribution in [0.15, 0.2) is 18.2 Å². The molecule has 0 unspecified atom stereocenters. The smallest absolute Gasteiger partial charge is 0.263 e. The van der Waals surface area contributed by atoms with Crippen LogP contribution in [0.3, 0.4) is 0 Å². The van der Waals surface area contributed by atoms with Crippen LogP contribution in [-0.4, -0.2) is 16.8 Å². The van der Waals surface area contributed by atoms with Gasteiger partial charge in [0.1, 0.15) is 0 Å². The van der Waals surface area contributed by atoms with Gasteiger partial charge in [-0.2, -0.15) is 0 Å². The number of anilines is 2. The molecule has 1 saturated heterocycles. The minimum Gasteiger partial charge on any atom is -0.398 e. The topological polar surface area (TPSA) is 46.3 Å². The van der Waals surface area contributed by atoms with Gasteiger partial charge < -0.3 is 10.6 Å². The van der Waals surface area contributed by atoms with Gasteiger partial charge in [0.2, 0.25) is 0 Å². The number of rotatable bonds is 1.